The van der Waals surface area contributed by atoms with Gasteiger partial charge in [0.05, 0.1) is 11.6 Å². The predicted molar refractivity (Wildman–Crippen MR) is 99.6 cm³/mol. The van der Waals surface area contributed by atoms with Crippen LogP contribution in [-0.4, -0.2) is 31.1 Å². The average molecular weight is 354 g/mol. The first-order chi connectivity index (χ1) is 12.0. The van der Waals surface area contributed by atoms with Gasteiger partial charge in [-0.25, -0.2) is 9.97 Å². The standard InChI is InChI=1S/C17H18N6OS/c1-9-8-14(23-13(20-9)5-7-19-23)18-6-4-12-21-16(24)15-10(2)11(3)25-17(15)22-12/h5,7-8,18H,4,6H2,1-3H3,(H,21,22,24). The van der Waals surface area contributed by atoms with Crippen molar-refractivity contribution in [2.24, 2.45) is 0 Å². The fraction of sp³-hybridized carbons (Fsp3) is 0.294. The van der Waals surface area contributed by atoms with Gasteiger partial charge in [0.1, 0.15) is 16.5 Å². The highest BCUT2D eigenvalue weighted by Crippen LogP contribution is 2.25. The molecule has 0 aliphatic heterocycles. The molecule has 128 valence electrons. The molecule has 0 atom stereocenters. The zero-order valence-corrected chi connectivity index (χ0v) is 15.1. The lowest BCUT2D eigenvalue weighted by molar-refractivity contribution is 0.870. The van der Waals surface area contributed by atoms with Gasteiger partial charge >= 0.3 is 0 Å². The summed E-state index contributed by atoms with van der Waals surface area (Å²) >= 11 is 1.57. The summed E-state index contributed by atoms with van der Waals surface area (Å²) in [6, 6.07) is 3.82. The van der Waals surface area contributed by atoms with Gasteiger partial charge in [-0.2, -0.15) is 9.61 Å². The summed E-state index contributed by atoms with van der Waals surface area (Å²) in [6.07, 6.45) is 2.34. The van der Waals surface area contributed by atoms with Gasteiger partial charge in [-0.1, -0.05) is 0 Å². The van der Waals surface area contributed by atoms with E-state index in [-0.39, 0.29) is 5.56 Å². The van der Waals surface area contributed by atoms with Crippen LogP contribution in [0.3, 0.4) is 0 Å². The Hall–Kier alpha value is -2.74. The Morgan fingerprint density at radius 3 is 2.96 bits per heavy atom. The van der Waals surface area contributed by atoms with Gasteiger partial charge < -0.3 is 10.3 Å². The van der Waals surface area contributed by atoms with Gasteiger partial charge in [0.2, 0.25) is 0 Å². The molecule has 0 saturated heterocycles. The maximum atomic E-state index is 12.3. The Labute approximate surface area is 147 Å². The largest absolute Gasteiger partial charge is 0.369 e. The molecule has 0 aliphatic rings. The van der Waals surface area contributed by atoms with E-state index in [1.165, 1.54) is 0 Å². The van der Waals surface area contributed by atoms with Gasteiger partial charge in [0.15, 0.2) is 5.65 Å². The molecule has 0 spiro atoms. The van der Waals surface area contributed by atoms with Crippen molar-refractivity contribution >= 4 is 33.0 Å². The maximum absolute atomic E-state index is 12.3. The molecule has 8 heteroatoms. The number of aryl methyl sites for hydroxylation is 3. The van der Waals surface area contributed by atoms with Crippen molar-refractivity contribution in [2.75, 3.05) is 11.9 Å². The summed E-state index contributed by atoms with van der Waals surface area (Å²) < 4.78 is 1.76. The number of thiophene rings is 1. The number of nitrogens with one attached hydrogen (secondary N) is 2. The Bertz CT molecular complexity index is 1140. The minimum absolute atomic E-state index is 0.0592. The average Bonchev–Trinajstić information content (AvgIpc) is 3.12. The van der Waals surface area contributed by atoms with Crippen LogP contribution in [0.5, 0.6) is 0 Å². The molecule has 0 radical (unpaired) electrons. The van der Waals surface area contributed by atoms with Crippen LogP contribution in [0.2, 0.25) is 0 Å². The van der Waals surface area contributed by atoms with E-state index in [0.29, 0.717) is 24.2 Å². The first-order valence-electron chi connectivity index (χ1n) is 8.07. The zero-order valence-electron chi connectivity index (χ0n) is 14.3. The molecule has 7 nitrogen and oxygen atoms in total. The second kappa shape index (κ2) is 5.96. The quantitative estimate of drug-likeness (QED) is 0.588. The van der Waals surface area contributed by atoms with Crippen LogP contribution in [0.25, 0.3) is 15.9 Å². The van der Waals surface area contributed by atoms with Crippen molar-refractivity contribution in [1.82, 2.24) is 24.6 Å². The van der Waals surface area contributed by atoms with Crippen LogP contribution in [0, 0.1) is 20.8 Å². The Morgan fingerprint density at radius 2 is 2.12 bits per heavy atom. The summed E-state index contributed by atoms with van der Waals surface area (Å²) in [7, 11) is 0. The van der Waals surface area contributed by atoms with E-state index in [1.54, 1.807) is 22.0 Å². The van der Waals surface area contributed by atoms with E-state index in [9.17, 15) is 4.79 Å². The molecule has 0 fully saturated rings. The summed E-state index contributed by atoms with van der Waals surface area (Å²) in [5.74, 6) is 1.56. The highest BCUT2D eigenvalue weighted by atomic mass is 32.1. The summed E-state index contributed by atoms with van der Waals surface area (Å²) in [5, 5.41) is 8.33. The maximum Gasteiger partial charge on any atom is 0.259 e. The number of nitrogens with zero attached hydrogens (tertiary/aromatic N) is 4. The fourth-order valence-corrected chi connectivity index (χ4v) is 3.94. The van der Waals surface area contributed by atoms with Gasteiger partial charge in [0.25, 0.3) is 5.56 Å². The molecule has 4 rings (SSSR count). The van der Waals surface area contributed by atoms with Gasteiger partial charge in [-0.05, 0) is 26.3 Å². The molecule has 0 amide bonds. The van der Waals surface area contributed by atoms with E-state index in [2.05, 4.69) is 25.4 Å². The lowest BCUT2D eigenvalue weighted by atomic mass is 10.2. The predicted octanol–water partition coefficient (Wildman–Crippen LogP) is 2.61. The van der Waals surface area contributed by atoms with Crippen LogP contribution >= 0.6 is 11.3 Å². The van der Waals surface area contributed by atoms with Crippen molar-refractivity contribution < 1.29 is 0 Å². The molecule has 0 unspecified atom stereocenters. The minimum Gasteiger partial charge on any atom is -0.369 e. The second-order valence-corrected chi connectivity index (χ2v) is 7.24. The van der Waals surface area contributed by atoms with Gasteiger partial charge in [0, 0.05) is 35.7 Å². The van der Waals surface area contributed by atoms with Crippen LogP contribution in [0.15, 0.2) is 23.1 Å². The molecule has 4 aromatic rings. The topological polar surface area (TPSA) is 88.0 Å². The lowest BCUT2D eigenvalue weighted by Crippen LogP contribution is -2.16. The molecule has 0 bridgehead atoms. The number of fused-ring (bicyclic) bond motifs is 2. The number of aromatic nitrogens is 5. The number of H-pyrrole nitrogens is 1. The number of aromatic amines is 1. The van der Waals surface area contributed by atoms with Crippen molar-refractivity contribution in [3.05, 3.63) is 50.6 Å². The summed E-state index contributed by atoms with van der Waals surface area (Å²) in [4.78, 5) is 26.2. The molecule has 4 aromatic heterocycles. The number of hydrogen-bond acceptors (Lipinski definition) is 6. The van der Waals surface area contributed by atoms with Crippen molar-refractivity contribution in [2.45, 2.75) is 27.2 Å². The monoisotopic (exact) mass is 354 g/mol. The smallest absolute Gasteiger partial charge is 0.259 e. The first-order valence-corrected chi connectivity index (χ1v) is 8.89. The Morgan fingerprint density at radius 1 is 1.28 bits per heavy atom. The Balaban J connectivity index is 1.56. The number of rotatable bonds is 4. The third kappa shape index (κ3) is 2.78. The summed E-state index contributed by atoms with van der Waals surface area (Å²) in [5.41, 5.74) is 2.69. The van der Waals surface area contributed by atoms with E-state index < -0.39 is 0 Å². The van der Waals surface area contributed by atoms with Crippen molar-refractivity contribution in [3.63, 3.8) is 0 Å². The summed E-state index contributed by atoms with van der Waals surface area (Å²) in [6.45, 7) is 6.57. The van der Waals surface area contributed by atoms with Gasteiger partial charge in [-0.15, -0.1) is 11.3 Å². The molecule has 0 saturated carbocycles. The van der Waals surface area contributed by atoms with E-state index >= 15 is 0 Å². The second-order valence-electron chi connectivity index (χ2n) is 6.04. The number of anilines is 1. The van der Waals surface area contributed by atoms with E-state index in [0.717, 1.165) is 32.4 Å². The molecular weight excluding hydrogens is 336 g/mol. The Kier molecular flexibility index (Phi) is 3.76. The lowest BCUT2D eigenvalue weighted by Gasteiger charge is -2.09. The number of hydrogen-bond donors (Lipinski definition) is 2. The fourth-order valence-electron chi connectivity index (χ4n) is 2.89. The van der Waals surface area contributed by atoms with Crippen LogP contribution < -0.4 is 10.9 Å². The SMILES string of the molecule is Cc1cc(NCCc2nc3sc(C)c(C)c3c(=O)[nH]2)n2nccc2n1. The third-order valence-electron chi connectivity index (χ3n) is 4.24. The van der Waals surface area contributed by atoms with E-state index in [1.807, 2.05) is 32.9 Å². The molecule has 0 aromatic carbocycles. The molecular formula is C17H18N6OS. The van der Waals surface area contributed by atoms with Crippen LogP contribution in [-0.2, 0) is 6.42 Å². The molecule has 25 heavy (non-hydrogen) atoms. The van der Waals surface area contributed by atoms with Crippen molar-refractivity contribution in [1.29, 1.82) is 0 Å². The van der Waals surface area contributed by atoms with Gasteiger partial charge in [-0.3, -0.25) is 4.79 Å². The third-order valence-corrected chi connectivity index (χ3v) is 5.34. The first kappa shape index (κ1) is 15.8. The molecule has 0 aliphatic carbocycles. The molecule has 4 heterocycles. The minimum atomic E-state index is -0.0592. The van der Waals surface area contributed by atoms with Crippen LogP contribution in [0.1, 0.15) is 22.0 Å². The zero-order chi connectivity index (χ0) is 17.6. The van der Waals surface area contributed by atoms with Crippen LogP contribution in [0.4, 0.5) is 5.82 Å². The van der Waals surface area contributed by atoms with Crippen molar-refractivity contribution in [3.8, 4) is 0 Å². The van der Waals surface area contributed by atoms with E-state index in [4.69, 9.17) is 0 Å². The highest BCUT2D eigenvalue weighted by molar-refractivity contribution is 7.18. The molecule has 2 N–H and O–H groups in total. The normalized spacial score (nSPS) is 11.5. The highest BCUT2D eigenvalue weighted by Gasteiger charge is 2.12.